The molecule has 0 aliphatic rings. The van der Waals surface area contributed by atoms with Crippen LogP contribution in [-0.2, 0) is 20.9 Å². The number of methoxy groups -OCH3 is 1. The molecular formula is C23H24ClN3O3S. The van der Waals surface area contributed by atoms with E-state index < -0.39 is 0 Å². The molecule has 0 spiro atoms. The van der Waals surface area contributed by atoms with Crippen molar-refractivity contribution in [1.29, 1.82) is 0 Å². The van der Waals surface area contributed by atoms with Crippen molar-refractivity contribution in [2.75, 3.05) is 25.7 Å². The number of halogens is 1. The van der Waals surface area contributed by atoms with Crippen molar-refractivity contribution in [2.24, 2.45) is 0 Å². The lowest BCUT2D eigenvalue weighted by Gasteiger charge is -2.17. The molecule has 0 unspecified atom stereocenters. The average Bonchev–Trinajstić information content (AvgIpc) is 3.21. The van der Waals surface area contributed by atoms with Gasteiger partial charge in [0.2, 0.25) is 5.91 Å². The zero-order valence-electron chi connectivity index (χ0n) is 17.5. The van der Waals surface area contributed by atoms with Crippen LogP contribution in [0.25, 0.3) is 16.9 Å². The van der Waals surface area contributed by atoms with Gasteiger partial charge < -0.3 is 9.64 Å². The van der Waals surface area contributed by atoms with Crippen molar-refractivity contribution < 1.29 is 14.3 Å². The van der Waals surface area contributed by atoms with Crippen molar-refractivity contribution in [3.8, 4) is 16.9 Å². The van der Waals surface area contributed by atoms with Crippen molar-refractivity contribution in [3.63, 3.8) is 0 Å². The number of esters is 1. The molecule has 0 saturated carbocycles. The number of hydrogen-bond acceptors (Lipinski definition) is 5. The Morgan fingerprint density at radius 3 is 2.52 bits per heavy atom. The molecule has 1 heterocycles. The fourth-order valence-electron chi connectivity index (χ4n) is 3.00. The Morgan fingerprint density at radius 1 is 1.13 bits per heavy atom. The summed E-state index contributed by atoms with van der Waals surface area (Å²) in [4.78, 5) is 25.5. The zero-order valence-corrected chi connectivity index (χ0v) is 19.0. The van der Waals surface area contributed by atoms with Crippen LogP contribution in [0.2, 0.25) is 5.02 Å². The summed E-state index contributed by atoms with van der Waals surface area (Å²) in [5, 5.41) is 5.43. The molecule has 0 N–H and O–H groups in total. The molecule has 3 rings (SSSR count). The summed E-state index contributed by atoms with van der Waals surface area (Å²) < 4.78 is 6.44. The van der Waals surface area contributed by atoms with Gasteiger partial charge in [0.05, 0.1) is 24.2 Å². The molecule has 0 aliphatic carbocycles. The Morgan fingerprint density at radius 2 is 1.84 bits per heavy atom. The number of carbonyl (C=O) groups is 2. The lowest BCUT2D eigenvalue weighted by atomic mass is 10.1. The number of ether oxygens (including phenoxy) is 1. The van der Waals surface area contributed by atoms with Crippen LogP contribution in [0.1, 0.15) is 12.0 Å². The molecule has 3 aromatic rings. The van der Waals surface area contributed by atoms with Crippen molar-refractivity contribution >= 4 is 35.2 Å². The van der Waals surface area contributed by atoms with Crippen molar-refractivity contribution in [2.45, 2.75) is 13.0 Å². The minimum Gasteiger partial charge on any atom is -0.468 e. The Balaban J connectivity index is 1.75. The molecule has 0 bridgehead atoms. The highest BCUT2D eigenvalue weighted by Gasteiger charge is 2.17. The Labute approximate surface area is 191 Å². The first-order chi connectivity index (χ1) is 15.0. The maximum absolute atomic E-state index is 12.6. The highest BCUT2D eigenvalue weighted by atomic mass is 35.5. The molecule has 8 heteroatoms. The standard InChI is InChI=1S/C23H24ClN3O3S/c1-26(21(28)12-13-31-16-22(29)30-2)14-18-15-27(20-6-4-3-5-7-20)25-23(18)17-8-10-19(24)11-9-17/h3-11,15H,12-14,16H2,1-2H3. The third-order valence-electron chi connectivity index (χ3n) is 4.67. The van der Waals surface area contributed by atoms with Gasteiger partial charge in [-0.1, -0.05) is 41.9 Å². The Bertz CT molecular complexity index is 1020. The van der Waals surface area contributed by atoms with Crippen molar-refractivity contribution in [3.05, 3.63) is 71.4 Å². The van der Waals surface area contributed by atoms with Gasteiger partial charge in [0, 0.05) is 48.1 Å². The summed E-state index contributed by atoms with van der Waals surface area (Å²) in [5.74, 6) is 0.530. The number of rotatable bonds is 9. The number of aromatic nitrogens is 2. The number of thioether (sulfide) groups is 1. The number of benzene rings is 2. The maximum Gasteiger partial charge on any atom is 0.315 e. The molecule has 1 amide bonds. The highest BCUT2D eigenvalue weighted by molar-refractivity contribution is 7.99. The van der Waals surface area contributed by atoms with Crippen LogP contribution in [0, 0.1) is 0 Å². The molecule has 2 aromatic carbocycles. The summed E-state index contributed by atoms with van der Waals surface area (Å²) in [6, 6.07) is 17.3. The minimum absolute atomic E-state index is 0.00637. The summed E-state index contributed by atoms with van der Waals surface area (Å²) in [7, 11) is 3.13. The van der Waals surface area contributed by atoms with E-state index in [0.29, 0.717) is 23.7 Å². The lowest BCUT2D eigenvalue weighted by molar-refractivity contribution is -0.137. The predicted molar refractivity (Wildman–Crippen MR) is 124 cm³/mol. The summed E-state index contributed by atoms with van der Waals surface area (Å²) >= 11 is 7.44. The van der Waals surface area contributed by atoms with Crippen LogP contribution >= 0.6 is 23.4 Å². The van der Waals surface area contributed by atoms with Gasteiger partial charge in [-0.05, 0) is 24.3 Å². The number of para-hydroxylation sites is 1. The van der Waals surface area contributed by atoms with E-state index >= 15 is 0 Å². The average molecular weight is 458 g/mol. The van der Waals surface area contributed by atoms with E-state index in [4.69, 9.17) is 16.7 Å². The second kappa shape index (κ2) is 11.0. The molecule has 6 nitrogen and oxygen atoms in total. The second-order valence-electron chi connectivity index (χ2n) is 6.92. The van der Waals surface area contributed by atoms with E-state index in [2.05, 4.69) is 4.74 Å². The van der Waals surface area contributed by atoms with Crippen LogP contribution < -0.4 is 0 Å². The van der Waals surface area contributed by atoms with Gasteiger partial charge in [0.25, 0.3) is 0 Å². The zero-order chi connectivity index (χ0) is 22.2. The van der Waals surface area contributed by atoms with E-state index in [1.807, 2.05) is 65.5 Å². The highest BCUT2D eigenvalue weighted by Crippen LogP contribution is 2.26. The van der Waals surface area contributed by atoms with Crippen LogP contribution in [0.4, 0.5) is 0 Å². The van der Waals surface area contributed by atoms with Gasteiger partial charge in [-0.15, -0.1) is 11.8 Å². The van der Waals surface area contributed by atoms with Crippen molar-refractivity contribution in [1.82, 2.24) is 14.7 Å². The molecule has 0 aliphatic heterocycles. The van der Waals surface area contributed by atoms with E-state index in [1.54, 1.807) is 11.9 Å². The first kappa shape index (κ1) is 22.9. The number of hydrogen-bond donors (Lipinski definition) is 0. The third-order valence-corrected chi connectivity index (χ3v) is 5.85. The Hall–Kier alpha value is -2.77. The third kappa shape index (κ3) is 6.35. The summed E-state index contributed by atoms with van der Waals surface area (Å²) in [6.07, 6.45) is 2.30. The topological polar surface area (TPSA) is 64.4 Å². The fraction of sp³-hybridized carbons (Fsp3) is 0.261. The van der Waals surface area contributed by atoms with Gasteiger partial charge in [-0.25, -0.2) is 4.68 Å². The maximum atomic E-state index is 12.6. The first-order valence-corrected chi connectivity index (χ1v) is 11.3. The summed E-state index contributed by atoms with van der Waals surface area (Å²) in [6.45, 7) is 0.422. The molecule has 0 saturated heterocycles. The monoisotopic (exact) mass is 457 g/mol. The SMILES string of the molecule is COC(=O)CSCCC(=O)N(C)Cc1cn(-c2ccccc2)nc1-c1ccc(Cl)cc1. The van der Waals surface area contributed by atoms with E-state index in [1.165, 1.54) is 18.9 Å². The quantitative estimate of drug-likeness (QED) is 0.351. The van der Waals surface area contributed by atoms with Gasteiger partial charge >= 0.3 is 5.97 Å². The van der Waals surface area contributed by atoms with Gasteiger partial charge in [0.15, 0.2) is 0 Å². The Kier molecular flexibility index (Phi) is 8.14. The normalized spacial score (nSPS) is 10.7. The minimum atomic E-state index is -0.285. The number of carbonyl (C=O) groups excluding carboxylic acids is 2. The molecule has 0 fully saturated rings. The first-order valence-electron chi connectivity index (χ1n) is 9.76. The summed E-state index contributed by atoms with van der Waals surface area (Å²) in [5.41, 5.74) is 3.62. The van der Waals surface area contributed by atoms with Crippen LogP contribution in [0.5, 0.6) is 0 Å². The van der Waals surface area contributed by atoms with Gasteiger partial charge in [-0.2, -0.15) is 5.10 Å². The van der Waals surface area contributed by atoms with Crippen LogP contribution in [0.3, 0.4) is 0 Å². The molecule has 0 atom stereocenters. The molecule has 1 aromatic heterocycles. The molecular weight excluding hydrogens is 434 g/mol. The predicted octanol–water partition coefficient (Wildman–Crippen LogP) is 4.45. The number of nitrogens with zero attached hydrogens (tertiary/aromatic N) is 3. The molecule has 162 valence electrons. The lowest BCUT2D eigenvalue weighted by Crippen LogP contribution is -2.26. The number of amides is 1. The smallest absolute Gasteiger partial charge is 0.315 e. The second-order valence-corrected chi connectivity index (χ2v) is 8.46. The molecule has 31 heavy (non-hydrogen) atoms. The van der Waals surface area contributed by atoms with E-state index in [9.17, 15) is 9.59 Å². The van der Waals surface area contributed by atoms with Gasteiger partial charge in [0.1, 0.15) is 0 Å². The van der Waals surface area contributed by atoms with Gasteiger partial charge in [-0.3, -0.25) is 9.59 Å². The largest absolute Gasteiger partial charge is 0.468 e. The van der Waals surface area contributed by atoms with E-state index in [-0.39, 0.29) is 17.6 Å². The molecule has 0 radical (unpaired) electrons. The van der Waals surface area contributed by atoms with Crippen LogP contribution in [0.15, 0.2) is 60.8 Å². The fourth-order valence-corrected chi connectivity index (χ4v) is 3.87. The van der Waals surface area contributed by atoms with E-state index in [0.717, 1.165) is 22.5 Å². The van der Waals surface area contributed by atoms with Crippen LogP contribution in [-0.4, -0.2) is 52.2 Å².